The van der Waals surface area contributed by atoms with Crippen molar-refractivity contribution in [2.45, 2.75) is 32.6 Å². The Kier molecular flexibility index (Phi) is 4.51. The van der Waals surface area contributed by atoms with Crippen molar-refractivity contribution >= 4 is 5.78 Å². The van der Waals surface area contributed by atoms with Crippen molar-refractivity contribution in [1.82, 2.24) is 0 Å². The number of carbonyl (C=O) groups is 1. The SMILES string of the molecule is CC[C@@H](CC(=O)c1ccccc1C)c1ccccc1. The largest absolute Gasteiger partial charge is 0.294 e. The molecule has 1 atom stereocenters. The summed E-state index contributed by atoms with van der Waals surface area (Å²) in [5.74, 6) is 0.558. The van der Waals surface area contributed by atoms with E-state index in [9.17, 15) is 4.79 Å². The maximum atomic E-state index is 12.4. The number of rotatable bonds is 5. The average Bonchev–Trinajstić information content (AvgIpc) is 2.46. The zero-order chi connectivity index (χ0) is 13.7. The Morgan fingerprint density at radius 3 is 2.26 bits per heavy atom. The minimum Gasteiger partial charge on any atom is -0.294 e. The molecule has 0 N–H and O–H groups in total. The molecule has 0 aliphatic carbocycles. The molecular formula is C18H20O. The van der Waals surface area contributed by atoms with Crippen molar-refractivity contribution < 1.29 is 4.79 Å². The molecule has 0 bridgehead atoms. The van der Waals surface area contributed by atoms with E-state index >= 15 is 0 Å². The molecule has 0 saturated heterocycles. The monoisotopic (exact) mass is 252 g/mol. The third-order valence-electron chi connectivity index (χ3n) is 3.64. The van der Waals surface area contributed by atoms with Crippen LogP contribution in [0.2, 0.25) is 0 Å². The molecule has 0 spiro atoms. The first-order chi connectivity index (χ1) is 9.22. The summed E-state index contributed by atoms with van der Waals surface area (Å²) >= 11 is 0. The summed E-state index contributed by atoms with van der Waals surface area (Å²) in [6.45, 7) is 4.14. The van der Waals surface area contributed by atoms with E-state index < -0.39 is 0 Å². The highest BCUT2D eigenvalue weighted by Gasteiger charge is 2.16. The molecule has 0 aliphatic rings. The molecule has 0 heterocycles. The molecule has 2 aromatic rings. The van der Waals surface area contributed by atoms with E-state index in [-0.39, 0.29) is 5.78 Å². The summed E-state index contributed by atoms with van der Waals surface area (Å²) in [4.78, 5) is 12.4. The zero-order valence-electron chi connectivity index (χ0n) is 11.6. The smallest absolute Gasteiger partial charge is 0.163 e. The molecular weight excluding hydrogens is 232 g/mol. The van der Waals surface area contributed by atoms with Crippen LogP contribution in [0.15, 0.2) is 54.6 Å². The first-order valence-electron chi connectivity index (χ1n) is 6.86. The summed E-state index contributed by atoms with van der Waals surface area (Å²) in [6, 6.07) is 18.1. The summed E-state index contributed by atoms with van der Waals surface area (Å²) in [6.07, 6.45) is 1.58. The van der Waals surface area contributed by atoms with Crippen LogP contribution >= 0.6 is 0 Å². The van der Waals surface area contributed by atoms with Crippen LogP contribution < -0.4 is 0 Å². The van der Waals surface area contributed by atoms with Gasteiger partial charge < -0.3 is 0 Å². The summed E-state index contributed by atoms with van der Waals surface area (Å²) in [7, 11) is 0. The number of benzene rings is 2. The molecule has 0 radical (unpaired) electrons. The lowest BCUT2D eigenvalue weighted by molar-refractivity contribution is 0.0972. The predicted octanol–water partition coefficient (Wildman–Crippen LogP) is 4.76. The maximum Gasteiger partial charge on any atom is 0.163 e. The minimum atomic E-state index is 0.244. The van der Waals surface area contributed by atoms with Gasteiger partial charge in [-0.1, -0.05) is 61.5 Å². The van der Waals surface area contributed by atoms with Gasteiger partial charge in [0.05, 0.1) is 0 Å². The third-order valence-corrected chi connectivity index (χ3v) is 3.64. The Labute approximate surface area is 115 Å². The molecule has 0 unspecified atom stereocenters. The lowest BCUT2D eigenvalue weighted by Crippen LogP contribution is -2.08. The Morgan fingerprint density at radius 2 is 1.63 bits per heavy atom. The molecule has 98 valence electrons. The number of hydrogen-bond donors (Lipinski definition) is 0. The normalized spacial score (nSPS) is 12.1. The molecule has 0 aromatic heterocycles. The van der Waals surface area contributed by atoms with Gasteiger partial charge in [-0.15, -0.1) is 0 Å². The van der Waals surface area contributed by atoms with E-state index in [1.807, 2.05) is 49.4 Å². The zero-order valence-corrected chi connectivity index (χ0v) is 11.6. The van der Waals surface area contributed by atoms with Gasteiger partial charge in [-0.3, -0.25) is 4.79 Å². The number of aryl methyl sites for hydroxylation is 1. The number of ketones is 1. The lowest BCUT2D eigenvalue weighted by Gasteiger charge is -2.15. The highest BCUT2D eigenvalue weighted by molar-refractivity contribution is 5.97. The Bertz CT molecular complexity index is 543. The van der Waals surface area contributed by atoms with Crippen LogP contribution in [0.25, 0.3) is 0 Å². The van der Waals surface area contributed by atoms with E-state index in [0.29, 0.717) is 12.3 Å². The van der Waals surface area contributed by atoms with Crippen LogP contribution in [-0.4, -0.2) is 5.78 Å². The van der Waals surface area contributed by atoms with E-state index in [1.165, 1.54) is 5.56 Å². The second-order valence-electron chi connectivity index (χ2n) is 4.96. The van der Waals surface area contributed by atoms with E-state index in [4.69, 9.17) is 0 Å². The molecule has 1 heteroatoms. The van der Waals surface area contributed by atoms with Crippen LogP contribution in [0.3, 0.4) is 0 Å². The highest BCUT2D eigenvalue weighted by Crippen LogP contribution is 2.25. The van der Waals surface area contributed by atoms with Crippen molar-refractivity contribution in [1.29, 1.82) is 0 Å². The molecule has 0 saturated carbocycles. The Hall–Kier alpha value is -1.89. The van der Waals surface area contributed by atoms with Crippen molar-refractivity contribution in [3.63, 3.8) is 0 Å². The van der Waals surface area contributed by atoms with Gasteiger partial charge in [-0.25, -0.2) is 0 Å². The summed E-state index contributed by atoms with van der Waals surface area (Å²) in [5, 5.41) is 0. The fourth-order valence-corrected chi connectivity index (χ4v) is 2.44. The molecule has 0 amide bonds. The van der Waals surface area contributed by atoms with Crippen LogP contribution in [-0.2, 0) is 0 Å². The predicted molar refractivity (Wildman–Crippen MR) is 79.6 cm³/mol. The molecule has 0 aliphatic heterocycles. The minimum absolute atomic E-state index is 0.244. The maximum absolute atomic E-state index is 12.4. The first kappa shape index (κ1) is 13.5. The number of Topliss-reactive ketones (excluding diaryl/α,β-unsaturated/α-hetero) is 1. The van der Waals surface area contributed by atoms with Crippen LogP contribution in [0.5, 0.6) is 0 Å². The Balaban J connectivity index is 2.16. The number of hydrogen-bond acceptors (Lipinski definition) is 1. The number of carbonyl (C=O) groups excluding carboxylic acids is 1. The van der Waals surface area contributed by atoms with Crippen molar-refractivity contribution in [3.05, 3.63) is 71.3 Å². The molecule has 0 fully saturated rings. The fraction of sp³-hybridized carbons (Fsp3) is 0.278. The quantitative estimate of drug-likeness (QED) is 0.701. The molecule has 2 aromatic carbocycles. The van der Waals surface area contributed by atoms with Gasteiger partial charge in [-0.05, 0) is 30.4 Å². The van der Waals surface area contributed by atoms with Crippen molar-refractivity contribution in [3.8, 4) is 0 Å². The van der Waals surface area contributed by atoms with Gasteiger partial charge in [0, 0.05) is 12.0 Å². The lowest BCUT2D eigenvalue weighted by atomic mass is 9.89. The van der Waals surface area contributed by atoms with Crippen LogP contribution in [0.4, 0.5) is 0 Å². The molecule has 2 rings (SSSR count). The Morgan fingerprint density at radius 1 is 1.00 bits per heavy atom. The molecule has 19 heavy (non-hydrogen) atoms. The first-order valence-corrected chi connectivity index (χ1v) is 6.86. The average molecular weight is 252 g/mol. The third kappa shape index (κ3) is 3.31. The van der Waals surface area contributed by atoms with Crippen molar-refractivity contribution in [2.24, 2.45) is 0 Å². The van der Waals surface area contributed by atoms with Gasteiger partial charge in [0.1, 0.15) is 0 Å². The van der Waals surface area contributed by atoms with Gasteiger partial charge in [0.2, 0.25) is 0 Å². The van der Waals surface area contributed by atoms with Gasteiger partial charge in [0.25, 0.3) is 0 Å². The molecule has 1 nitrogen and oxygen atoms in total. The van der Waals surface area contributed by atoms with Crippen LogP contribution in [0, 0.1) is 6.92 Å². The second kappa shape index (κ2) is 6.33. The van der Waals surface area contributed by atoms with Crippen molar-refractivity contribution in [2.75, 3.05) is 0 Å². The summed E-state index contributed by atoms with van der Waals surface area (Å²) < 4.78 is 0. The fourth-order valence-electron chi connectivity index (χ4n) is 2.44. The second-order valence-corrected chi connectivity index (χ2v) is 4.96. The van der Waals surface area contributed by atoms with E-state index in [2.05, 4.69) is 19.1 Å². The van der Waals surface area contributed by atoms with E-state index in [0.717, 1.165) is 17.5 Å². The standard InChI is InChI=1S/C18H20O/c1-3-15(16-10-5-4-6-11-16)13-18(19)17-12-8-7-9-14(17)2/h4-12,15H,3,13H2,1-2H3/t15-/m0/s1. The van der Waals surface area contributed by atoms with Gasteiger partial charge in [0.15, 0.2) is 5.78 Å². The van der Waals surface area contributed by atoms with Crippen LogP contribution in [0.1, 0.15) is 47.2 Å². The van der Waals surface area contributed by atoms with Gasteiger partial charge >= 0.3 is 0 Å². The topological polar surface area (TPSA) is 17.1 Å². The van der Waals surface area contributed by atoms with E-state index in [1.54, 1.807) is 0 Å². The summed E-state index contributed by atoms with van der Waals surface area (Å²) in [5.41, 5.74) is 3.18. The van der Waals surface area contributed by atoms with Gasteiger partial charge in [-0.2, -0.15) is 0 Å². The highest BCUT2D eigenvalue weighted by atomic mass is 16.1.